The van der Waals surface area contributed by atoms with E-state index in [4.69, 9.17) is 4.74 Å². The number of carbonyl (C=O) groups excluding carboxylic acids is 3. The number of aromatic nitrogens is 2. The lowest BCUT2D eigenvalue weighted by atomic mass is 10.2. The van der Waals surface area contributed by atoms with Crippen LogP contribution < -0.4 is 10.2 Å². The van der Waals surface area contributed by atoms with Gasteiger partial charge in [0.2, 0.25) is 11.9 Å². The van der Waals surface area contributed by atoms with E-state index >= 15 is 0 Å². The van der Waals surface area contributed by atoms with E-state index in [1.165, 1.54) is 4.90 Å². The van der Waals surface area contributed by atoms with Crippen molar-refractivity contribution >= 4 is 24.0 Å². The van der Waals surface area contributed by atoms with Crippen LogP contribution in [0.3, 0.4) is 0 Å². The van der Waals surface area contributed by atoms with Crippen LogP contribution in [-0.4, -0.2) is 107 Å². The Bertz CT molecular complexity index is 944. The maximum absolute atomic E-state index is 12.8. The van der Waals surface area contributed by atoms with Crippen LogP contribution in [0.4, 0.5) is 28.7 Å². The number of alkyl carbamates (subject to hydrolysis) is 1. The first-order valence-electron chi connectivity index (χ1n) is 11.7. The predicted octanol–water partition coefficient (Wildman–Crippen LogP) is 1.79. The Hall–Kier alpha value is -3.32. The second-order valence-electron chi connectivity index (χ2n) is 9.83. The molecule has 1 atom stereocenters. The average molecular weight is 516 g/mol. The summed E-state index contributed by atoms with van der Waals surface area (Å²) >= 11 is 0. The summed E-state index contributed by atoms with van der Waals surface area (Å²) in [5, 5.41) is 2.70. The van der Waals surface area contributed by atoms with Gasteiger partial charge in [0.25, 0.3) is 0 Å². The molecule has 0 spiro atoms. The molecule has 1 N–H and O–H groups in total. The van der Waals surface area contributed by atoms with Gasteiger partial charge >= 0.3 is 18.3 Å². The minimum Gasteiger partial charge on any atom is -0.444 e. The number of halogens is 3. The fourth-order valence-electron chi connectivity index (χ4n) is 3.88. The fourth-order valence-corrected chi connectivity index (χ4v) is 3.88. The molecule has 1 aromatic heterocycles. The molecule has 3 rings (SSSR count). The molecule has 0 unspecified atom stereocenters. The quantitative estimate of drug-likeness (QED) is 0.615. The van der Waals surface area contributed by atoms with Crippen molar-refractivity contribution in [2.45, 2.75) is 45.5 Å². The van der Waals surface area contributed by atoms with Gasteiger partial charge < -0.3 is 29.7 Å². The Morgan fingerprint density at radius 1 is 1.03 bits per heavy atom. The molecule has 0 bridgehead atoms. The van der Waals surface area contributed by atoms with Gasteiger partial charge in [-0.05, 0) is 27.7 Å². The SMILES string of the molecule is C[C@@H](CN1CCN(CC(=O)N2CCN(c3ncc(C(F)(F)F)cn3)CC2)C1=O)NC(=O)OC(C)(C)C. The van der Waals surface area contributed by atoms with Gasteiger partial charge in [-0.2, -0.15) is 13.2 Å². The molecule has 0 radical (unpaired) electrons. The molecule has 0 saturated carbocycles. The summed E-state index contributed by atoms with van der Waals surface area (Å²) in [4.78, 5) is 51.4. The first-order valence-corrected chi connectivity index (χ1v) is 11.7. The topological polar surface area (TPSA) is 111 Å². The molecule has 4 amide bonds. The van der Waals surface area contributed by atoms with Crippen LogP contribution in [0, 0.1) is 0 Å². The van der Waals surface area contributed by atoms with Crippen LogP contribution in [-0.2, 0) is 15.7 Å². The number of carbonyl (C=O) groups is 3. The van der Waals surface area contributed by atoms with Crippen LogP contribution in [0.15, 0.2) is 12.4 Å². The number of ether oxygens (including phenoxy) is 1. The van der Waals surface area contributed by atoms with E-state index in [0.29, 0.717) is 39.3 Å². The van der Waals surface area contributed by atoms with Gasteiger partial charge in [-0.25, -0.2) is 19.6 Å². The Kier molecular flexibility index (Phi) is 8.14. The highest BCUT2D eigenvalue weighted by Gasteiger charge is 2.34. The van der Waals surface area contributed by atoms with E-state index < -0.39 is 23.4 Å². The summed E-state index contributed by atoms with van der Waals surface area (Å²) in [5.74, 6) is -0.0345. The number of nitrogens with one attached hydrogen (secondary N) is 1. The van der Waals surface area contributed by atoms with E-state index in [0.717, 1.165) is 12.4 Å². The van der Waals surface area contributed by atoms with Crippen LogP contribution >= 0.6 is 0 Å². The maximum atomic E-state index is 12.8. The molecule has 1 aromatic rings. The maximum Gasteiger partial charge on any atom is 0.419 e. The second-order valence-corrected chi connectivity index (χ2v) is 9.83. The highest BCUT2D eigenvalue weighted by molar-refractivity contribution is 5.85. The van der Waals surface area contributed by atoms with Crippen LogP contribution in [0.2, 0.25) is 0 Å². The molecular weight excluding hydrogens is 483 g/mol. The lowest BCUT2D eigenvalue weighted by molar-refractivity contribution is -0.138. The number of hydrogen-bond donors (Lipinski definition) is 1. The number of piperazine rings is 1. The lowest BCUT2D eigenvalue weighted by Crippen LogP contribution is -2.52. The minimum atomic E-state index is -4.50. The number of amides is 4. The summed E-state index contributed by atoms with van der Waals surface area (Å²) in [6, 6.07) is -0.613. The summed E-state index contributed by atoms with van der Waals surface area (Å²) in [7, 11) is 0. The molecule has 2 fully saturated rings. The molecule has 2 saturated heterocycles. The van der Waals surface area contributed by atoms with Gasteiger partial charge in [0.1, 0.15) is 12.1 Å². The molecule has 0 aromatic carbocycles. The van der Waals surface area contributed by atoms with Crippen LogP contribution in [0.25, 0.3) is 0 Å². The number of rotatable bonds is 6. The van der Waals surface area contributed by atoms with Crippen molar-refractivity contribution in [2.75, 3.05) is 57.3 Å². The number of anilines is 1. The summed E-state index contributed by atoms with van der Waals surface area (Å²) in [6.07, 6.45) is -3.57. The molecule has 0 aliphatic carbocycles. The predicted molar refractivity (Wildman–Crippen MR) is 123 cm³/mol. The van der Waals surface area contributed by atoms with Crippen LogP contribution in [0.5, 0.6) is 0 Å². The van der Waals surface area contributed by atoms with Crippen molar-refractivity contribution in [1.82, 2.24) is 30.0 Å². The highest BCUT2D eigenvalue weighted by Crippen LogP contribution is 2.28. The molecule has 200 valence electrons. The first kappa shape index (κ1) is 27.3. The summed E-state index contributed by atoms with van der Waals surface area (Å²) in [6.45, 7) is 9.51. The van der Waals surface area contributed by atoms with E-state index in [9.17, 15) is 27.6 Å². The van der Waals surface area contributed by atoms with Crippen molar-refractivity contribution in [1.29, 1.82) is 0 Å². The van der Waals surface area contributed by atoms with E-state index in [1.54, 1.807) is 42.4 Å². The van der Waals surface area contributed by atoms with Crippen molar-refractivity contribution in [3.05, 3.63) is 18.0 Å². The van der Waals surface area contributed by atoms with E-state index in [2.05, 4.69) is 15.3 Å². The number of hydrogen-bond acceptors (Lipinski definition) is 7. The molecule has 3 heterocycles. The summed E-state index contributed by atoms with van der Waals surface area (Å²) in [5.41, 5.74) is -1.54. The van der Waals surface area contributed by atoms with Gasteiger partial charge in [-0.3, -0.25) is 4.79 Å². The molecular formula is C22H32F3N7O4. The molecule has 2 aliphatic heterocycles. The normalized spacial score (nSPS) is 17.9. The standard InChI is InChI=1S/C22H32F3N7O4/c1-15(28-19(34)36-21(2,3)4)13-31-9-10-32(20(31)35)14-17(33)29-5-7-30(8-6-29)18-26-11-16(12-27-18)22(23,24)25/h11-12,15H,5-10,13-14H2,1-4H3,(H,28,34)/t15-/m0/s1. The largest absolute Gasteiger partial charge is 0.444 e. The molecule has 14 heteroatoms. The van der Waals surface area contributed by atoms with Crippen molar-refractivity contribution in [2.24, 2.45) is 0 Å². The third kappa shape index (κ3) is 7.34. The fraction of sp³-hybridized carbons (Fsp3) is 0.682. The van der Waals surface area contributed by atoms with Crippen molar-refractivity contribution in [3.8, 4) is 0 Å². The molecule has 11 nitrogen and oxygen atoms in total. The number of nitrogens with zero attached hydrogens (tertiary/aromatic N) is 6. The highest BCUT2D eigenvalue weighted by atomic mass is 19.4. The van der Waals surface area contributed by atoms with Gasteiger partial charge in [0, 0.05) is 64.2 Å². The minimum absolute atomic E-state index is 0.0695. The number of alkyl halides is 3. The summed E-state index contributed by atoms with van der Waals surface area (Å²) < 4.78 is 43.3. The van der Waals surface area contributed by atoms with E-state index in [1.807, 2.05) is 0 Å². The Morgan fingerprint density at radius 3 is 2.17 bits per heavy atom. The van der Waals surface area contributed by atoms with E-state index in [-0.39, 0.29) is 37.0 Å². The third-order valence-corrected chi connectivity index (χ3v) is 5.65. The van der Waals surface area contributed by atoms with Gasteiger partial charge in [0.05, 0.1) is 5.56 Å². The van der Waals surface area contributed by atoms with Crippen LogP contribution in [0.1, 0.15) is 33.3 Å². The number of urea groups is 1. The second kappa shape index (κ2) is 10.7. The third-order valence-electron chi connectivity index (χ3n) is 5.65. The lowest BCUT2D eigenvalue weighted by Gasteiger charge is -2.35. The molecule has 2 aliphatic rings. The average Bonchev–Trinajstić information content (AvgIpc) is 3.10. The van der Waals surface area contributed by atoms with Crippen molar-refractivity contribution < 1.29 is 32.3 Å². The Labute approximate surface area is 207 Å². The monoisotopic (exact) mass is 515 g/mol. The zero-order chi connectivity index (χ0) is 26.7. The van der Waals surface area contributed by atoms with Gasteiger partial charge in [0.15, 0.2) is 0 Å². The van der Waals surface area contributed by atoms with Crippen molar-refractivity contribution in [3.63, 3.8) is 0 Å². The van der Waals surface area contributed by atoms with Gasteiger partial charge in [-0.15, -0.1) is 0 Å². The Balaban J connectivity index is 1.43. The smallest absolute Gasteiger partial charge is 0.419 e. The zero-order valence-electron chi connectivity index (χ0n) is 20.8. The first-order chi connectivity index (χ1) is 16.7. The Morgan fingerprint density at radius 2 is 1.61 bits per heavy atom. The van der Waals surface area contributed by atoms with Gasteiger partial charge in [-0.1, -0.05) is 0 Å². The zero-order valence-corrected chi connectivity index (χ0v) is 20.8. The molecule has 36 heavy (non-hydrogen) atoms.